The van der Waals surface area contributed by atoms with E-state index in [1.807, 2.05) is 54.6 Å². The highest BCUT2D eigenvalue weighted by Gasteiger charge is 2.13. The molecule has 0 N–H and O–H groups in total. The van der Waals surface area contributed by atoms with Gasteiger partial charge in [-0.1, -0.05) is 12.2 Å². The van der Waals surface area contributed by atoms with Crippen molar-refractivity contribution in [3.63, 3.8) is 0 Å². The highest BCUT2D eigenvalue weighted by atomic mass is 16.5. The molecule has 2 aromatic carbocycles. The lowest BCUT2D eigenvalue weighted by atomic mass is 10.1. The first-order valence-electron chi connectivity index (χ1n) is 10.4. The first-order valence-corrected chi connectivity index (χ1v) is 10.4. The fourth-order valence-electron chi connectivity index (χ4n) is 3.31. The monoisotopic (exact) mass is 464 g/mol. The van der Waals surface area contributed by atoms with Crippen molar-refractivity contribution in [1.82, 2.24) is 9.97 Å². The van der Waals surface area contributed by atoms with Crippen LogP contribution < -0.4 is 28.4 Å². The van der Waals surface area contributed by atoms with E-state index >= 15 is 0 Å². The van der Waals surface area contributed by atoms with Gasteiger partial charge in [-0.2, -0.15) is 0 Å². The van der Waals surface area contributed by atoms with E-state index in [4.69, 9.17) is 28.4 Å². The van der Waals surface area contributed by atoms with Crippen LogP contribution in [0.2, 0.25) is 0 Å². The van der Waals surface area contributed by atoms with Gasteiger partial charge in [0.1, 0.15) is 0 Å². The zero-order valence-corrected chi connectivity index (χ0v) is 20.1. The average molecular weight is 465 g/mol. The molecule has 0 fully saturated rings. The molecule has 1 heterocycles. The van der Waals surface area contributed by atoms with Gasteiger partial charge in [0, 0.05) is 6.20 Å². The highest BCUT2D eigenvalue weighted by molar-refractivity contribution is 5.73. The van der Waals surface area contributed by atoms with Crippen molar-refractivity contribution in [2.75, 3.05) is 42.7 Å². The minimum absolute atomic E-state index is 0.539. The van der Waals surface area contributed by atoms with E-state index in [9.17, 15) is 0 Å². The van der Waals surface area contributed by atoms with Crippen molar-refractivity contribution >= 4 is 24.3 Å². The van der Waals surface area contributed by atoms with Gasteiger partial charge in [-0.05, 0) is 53.6 Å². The van der Waals surface area contributed by atoms with E-state index in [1.165, 1.54) is 0 Å². The summed E-state index contributed by atoms with van der Waals surface area (Å²) >= 11 is 0. The lowest BCUT2D eigenvalue weighted by Gasteiger charge is -2.12. The smallest absolute Gasteiger partial charge is 0.203 e. The molecule has 1 aromatic heterocycles. The molecular formula is C26H28N2O6. The lowest BCUT2D eigenvalue weighted by molar-refractivity contribution is 0.324. The van der Waals surface area contributed by atoms with Gasteiger partial charge >= 0.3 is 0 Å². The summed E-state index contributed by atoms with van der Waals surface area (Å²) in [7, 11) is 9.48. The average Bonchev–Trinajstić information content (AvgIpc) is 2.89. The third-order valence-corrected chi connectivity index (χ3v) is 4.94. The topological polar surface area (TPSA) is 81.2 Å². The predicted octanol–water partition coefficient (Wildman–Crippen LogP) is 4.87. The molecule has 0 unspecified atom stereocenters. The maximum atomic E-state index is 5.41. The van der Waals surface area contributed by atoms with Crippen LogP contribution in [-0.4, -0.2) is 52.6 Å². The second-order valence-electron chi connectivity index (χ2n) is 6.92. The van der Waals surface area contributed by atoms with Gasteiger partial charge in [0.15, 0.2) is 28.8 Å². The number of hydrogen-bond acceptors (Lipinski definition) is 8. The molecule has 0 atom stereocenters. The molecule has 0 aliphatic carbocycles. The summed E-state index contributed by atoms with van der Waals surface area (Å²) < 4.78 is 32.4. The molecule has 8 nitrogen and oxygen atoms in total. The van der Waals surface area contributed by atoms with Gasteiger partial charge in [0.05, 0.1) is 48.4 Å². The Morgan fingerprint density at radius 3 is 1.41 bits per heavy atom. The summed E-state index contributed by atoms with van der Waals surface area (Å²) in [5.74, 6) is 3.95. The minimum Gasteiger partial charge on any atom is -0.493 e. The first-order chi connectivity index (χ1) is 16.6. The quantitative estimate of drug-likeness (QED) is 0.420. The molecule has 0 saturated carbocycles. The van der Waals surface area contributed by atoms with E-state index < -0.39 is 0 Å². The fraction of sp³-hybridized carbons (Fsp3) is 0.231. The van der Waals surface area contributed by atoms with Gasteiger partial charge in [0.25, 0.3) is 0 Å². The summed E-state index contributed by atoms with van der Waals surface area (Å²) in [5, 5.41) is 0. The summed E-state index contributed by atoms with van der Waals surface area (Å²) in [6.07, 6.45) is 9.21. The number of ether oxygens (including phenoxy) is 6. The Kier molecular flexibility index (Phi) is 8.34. The van der Waals surface area contributed by atoms with Crippen LogP contribution >= 0.6 is 0 Å². The zero-order chi connectivity index (χ0) is 24.5. The molecule has 0 radical (unpaired) electrons. The lowest BCUT2D eigenvalue weighted by Crippen LogP contribution is -1.95. The predicted molar refractivity (Wildman–Crippen MR) is 132 cm³/mol. The van der Waals surface area contributed by atoms with Crippen LogP contribution in [0.5, 0.6) is 34.5 Å². The molecule has 8 heteroatoms. The molecule has 178 valence electrons. The standard InChI is InChI=1S/C26H28N2O6/c1-29-20-13-17(14-21(30-2)25(20)33-5)7-9-19-11-12-27-24(28-19)10-8-18-15-22(31-3)26(34-6)23(16-18)32-4/h7-16H,1-6H3. The third kappa shape index (κ3) is 5.58. The number of benzene rings is 2. The van der Waals surface area contributed by atoms with E-state index in [0.29, 0.717) is 40.3 Å². The Hall–Kier alpha value is -4.20. The number of methoxy groups -OCH3 is 6. The minimum atomic E-state index is 0.539. The Morgan fingerprint density at radius 1 is 0.559 bits per heavy atom. The molecule has 0 spiro atoms. The molecule has 0 saturated heterocycles. The van der Waals surface area contributed by atoms with Gasteiger partial charge in [-0.15, -0.1) is 0 Å². The summed E-state index contributed by atoms with van der Waals surface area (Å²) in [6, 6.07) is 9.26. The van der Waals surface area contributed by atoms with Gasteiger partial charge in [0.2, 0.25) is 11.5 Å². The number of hydrogen-bond donors (Lipinski definition) is 0. The molecule has 34 heavy (non-hydrogen) atoms. The molecule has 3 aromatic rings. The number of nitrogens with zero attached hydrogens (tertiary/aromatic N) is 2. The van der Waals surface area contributed by atoms with Crippen molar-refractivity contribution in [1.29, 1.82) is 0 Å². The SMILES string of the molecule is COc1cc(C=Cc2ccnc(C=Cc3cc(OC)c(OC)c(OC)c3)n2)cc(OC)c1OC. The highest BCUT2D eigenvalue weighted by Crippen LogP contribution is 2.39. The third-order valence-electron chi connectivity index (χ3n) is 4.94. The van der Waals surface area contributed by atoms with Crippen LogP contribution in [0.4, 0.5) is 0 Å². The van der Waals surface area contributed by atoms with E-state index in [0.717, 1.165) is 16.8 Å². The van der Waals surface area contributed by atoms with Crippen molar-refractivity contribution < 1.29 is 28.4 Å². The van der Waals surface area contributed by atoms with Crippen LogP contribution in [0.15, 0.2) is 36.5 Å². The van der Waals surface area contributed by atoms with Crippen molar-refractivity contribution in [3.05, 3.63) is 59.2 Å². The van der Waals surface area contributed by atoms with E-state index in [1.54, 1.807) is 48.9 Å². The normalized spacial score (nSPS) is 11.0. The maximum Gasteiger partial charge on any atom is 0.203 e. The summed E-state index contributed by atoms with van der Waals surface area (Å²) in [4.78, 5) is 8.91. The van der Waals surface area contributed by atoms with Crippen molar-refractivity contribution in [2.24, 2.45) is 0 Å². The fourth-order valence-corrected chi connectivity index (χ4v) is 3.31. The van der Waals surface area contributed by atoms with Crippen LogP contribution in [-0.2, 0) is 0 Å². The number of aromatic nitrogens is 2. The summed E-state index contributed by atoms with van der Waals surface area (Å²) in [6.45, 7) is 0. The second kappa shape index (κ2) is 11.6. The van der Waals surface area contributed by atoms with Gasteiger partial charge in [-0.25, -0.2) is 9.97 Å². The summed E-state index contributed by atoms with van der Waals surface area (Å²) in [5.41, 5.74) is 2.48. The molecule has 0 bridgehead atoms. The Balaban J connectivity index is 1.85. The first kappa shape index (κ1) is 24.4. The van der Waals surface area contributed by atoms with Gasteiger partial charge < -0.3 is 28.4 Å². The Morgan fingerprint density at radius 2 is 1.00 bits per heavy atom. The largest absolute Gasteiger partial charge is 0.493 e. The van der Waals surface area contributed by atoms with Crippen LogP contribution in [0.25, 0.3) is 24.3 Å². The Labute approximate surface area is 199 Å². The molecule has 0 aliphatic rings. The Bertz CT molecular complexity index is 1050. The van der Waals surface area contributed by atoms with Crippen LogP contribution in [0, 0.1) is 0 Å². The number of rotatable bonds is 10. The van der Waals surface area contributed by atoms with Crippen LogP contribution in [0.3, 0.4) is 0 Å². The zero-order valence-electron chi connectivity index (χ0n) is 20.1. The second-order valence-corrected chi connectivity index (χ2v) is 6.92. The van der Waals surface area contributed by atoms with Gasteiger partial charge in [-0.3, -0.25) is 0 Å². The van der Waals surface area contributed by atoms with E-state index in [2.05, 4.69) is 9.97 Å². The van der Waals surface area contributed by atoms with Crippen LogP contribution in [0.1, 0.15) is 22.6 Å². The maximum absolute atomic E-state index is 5.41. The van der Waals surface area contributed by atoms with E-state index in [-0.39, 0.29) is 0 Å². The van der Waals surface area contributed by atoms with Crippen molar-refractivity contribution in [2.45, 2.75) is 0 Å². The molecule has 0 amide bonds. The van der Waals surface area contributed by atoms with Crippen molar-refractivity contribution in [3.8, 4) is 34.5 Å². The molecule has 0 aliphatic heterocycles. The molecule has 3 rings (SSSR count). The molecular weight excluding hydrogens is 436 g/mol.